The van der Waals surface area contributed by atoms with Crippen LogP contribution in [-0.4, -0.2) is 71.2 Å². The molecule has 5 rings (SSSR count). The first-order valence-electron chi connectivity index (χ1n) is 10.5. The van der Waals surface area contributed by atoms with E-state index in [1.165, 1.54) is 0 Å². The molecular formula is C20H29ClN6O4S. The molecule has 3 aliphatic rings. The molecule has 1 aliphatic carbocycles. The second-order valence-electron chi connectivity index (χ2n) is 8.39. The van der Waals surface area contributed by atoms with Crippen molar-refractivity contribution in [2.75, 3.05) is 35.7 Å². The van der Waals surface area contributed by atoms with Gasteiger partial charge in [-0.15, -0.1) is 0 Å². The first-order chi connectivity index (χ1) is 14.6. The Morgan fingerprint density at radius 2 is 1.88 bits per heavy atom. The number of nitrogens with zero attached hydrogens (tertiary/aromatic N) is 5. The van der Waals surface area contributed by atoms with Crippen LogP contribution >= 0.6 is 11.6 Å². The molecule has 0 amide bonds. The van der Waals surface area contributed by atoms with Gasteiger partial charge in [0.05, 0.1) is 33.7 Å². The summed E-state index contributed by atoms with van der Waals surface area (Å²) in [7, 11) is -1.08. The molecule has 176 valence electrons. The topological polar surface area (TPSA) is 167 Å². The van der Waals surface area contributed by atoms with Crippen LogP contribution in [0.2, 0.25) is 5.02 Å². The van der Waals surface area contributed by atoms with E-state index in [1.54, 1.807) is 12.4 Å². The lowest BCUT2D eigenvalue weighted by atomic mass is 9.77. The molecule has 1 saturated heterocycles. The second-order valence-corrected chi connectivity index (χ2v) is 10.3. The third-order valence-electron chi connectivity index (χ3n) is 6.46. The minimum Gasteiger partial charge on any atom is -0.412 e. The number of anilines is 2. The van der Waals surface area contributed by atoms with Crippen LogP contribution in [0, 0.1) is 0 Å². The number of rotatable bonds is 5. The Morgan fingerprint density at radius 1 is 1.19 bits per heavy atom. The summed E-state index contributed by atoms with van der Waals surface area (Å²) in [5.41, 5.74) is 0.530. The van der Waals surface area contributed by atoms with E-state index in [0.717, 1.165) is 61.6 Å². The highest BCUT2D eigenvalue weighted by molar-refractivity contribution is 7.85. The highest BCUT2D eigenvalue weighted by atomic mass is 35.5. The van der Waals surface area contributed by atoms with E-state index >= 15 is 0 Å². The third-order valence-corrected chi connectivity index (χ3v) is 8.11. The fraction of sp³-hybridized carbons (Fsp3) is 0.600. The number of aliphatic hydroxyl groups excluding tert-OH is 1. The van der Waals surface area contributed by atoms with E-state index < -0.39 is 10.8 Å². The van der Waals surface area contributed by atoms with E-state index in [1.807, 2.05) is 0 Å². The molecule has 2 aromatic heterocycles. The molecule has 1 atom stereocenters. The minimum atomic E-state index is -1.08. The predicted molar refractivity (Wildman–Crippen MR) is 123 cm³/mol. The maximum Gasteiger partial charge on any atom is 0.227 e. The van der Waals surface area contributed by atoms with Gasteiger partial charge in [0.25, 0.3) is 0 Å². The van der Waals surface area contributed by atoms with E-state index in [-0.39, 0.29) is 23.1 Å². The highest BCUT2D eigenvalue weighted by Crippen LogP contribution is 2.38. The van der Waals surface area contributed by atoms with Gasteiger partial charge in [-0.25, -0.2) is 15.0 Å². The monoisotopic (exact) mass is 484 g/mol. The molecule has 2 aromatic rings. The molecule has 1 saturated carbocycles. The summed E-state index contributed by atoms with van der Waals surface area (Å²) < 4.78 is 12.6. The van der Waals surface area contributed by atoms with Gasteiger partial charge in [-0.1, -0.05) is 11.6 Å². The molecule has 0 bridgehead atoms. The number of nitrogens with one attached hydrogen (secondary N) is 1. The van der Waals surface area contributed by atoms with Crippen molar-refractivity contribution in [2.45, 2.75) is 54.9 Å². The van der Waals surface area contributed by atoms with Crippen molar-refractivity contribution in [3.05, 3.63) is 28.9 Å². The molecule has 0 radical (unpaired) electrons. The van der Waals surface area contributed by atoms with Crippen LogP contribution < -0.4 is 10.2 Å². The maximum absolute atomic E-state index is 12.6. The quantitative estimate of drug-likeness (QED) is 0.623. The van der Waals surface area contributed by atoms with Crippen molar-refractivity contribution in [1.29, 1.82) is 0 Å². The molecule has 4 heterocycles. The number of fused-ring (bicyclic) bond motifs is 1. The summed E-state index contributed by atoms with van der Waals surface area (Å²) in [6.45, 7) is 1.67. The first-order valence-corrected chi connectivity index (χ1v) is 12.2. The Balaban J connectivity index is 0.00000144. The fourth-order valence-electron chi connectivity index (χ4n) is 4.46. The van der Waals surface area contributed by atoms with Crippen molar-refractivity contribution < 1.29 is 20.3 Å². The van der Waals surface area contributed by atoms with Crippen LogP contribution in [-0.2, 0) is 17.2 Å². The summed E-state index contributed by atoms with van der Waals surface area (Å²) in [6.07, 6.45) is 8.71. The van der Waals surface area contributed by atoms with Gasteiger partial charge in [-0.3, -0.25) is 4.21 Å². The molecule has 2 fully saturated rings. The van der Waals surface area contributed by atoms with Crippen molar-refractivity contribution in [3.63, 3.8) is 0 Å². The summed E-state index contributed by atoms with van der Waals surface area (Å²) in [5.74, 6) is 3.04. The molecule has 6 N–H and O–H groups in total. The molecule has 0 spiro atoms. The third kappa shape index (κ3) is 4.58. The van der Waals surface area contributed by atoms with Crippen LogP contribution in [0.4, 0.5) is 11.8 Å². The van der Waals surface area contributed by atoms with E-state index in [9.17, 15) is 9.32 Å². The zero-order valence-corrected chi connectivity index (χ0v) is 19.3. The first kappa shape index (κ1) is 24.7. The van der Waals surface area contributed by atoms with Crippen molar-refractivity contribution >= 4 is 34.2 Å². The smallest absolute Gasteiger partial charge is 0.227 e. The van der Waals surface area contributed by atoms with Gasteiger partial charge in [-0.05, 0) is 32.1 Å². The average molecular weight is 485 g/mol. The average Bonchev–Trinajstić information content (AvgIpc) is 3.12. The minimum absolute atomic E-state index is 0. The summed E-state index contributed by atoms with van der Waals surface area (Å²) in [5, 5.41) is 13.9. The lowest BCUT2D eigenvalue weighted by Crippen LogP contribution is -2.48. The number of halogens is 1. The molecule has 12 heteroatoms. The second kappa shape index (κ2) is 9.92. The van der Waals surface area contributed by atoms with Crippen LogP contribution in [0.5, 0.6) is 0 Å². The number of aliphatic hydroxyl groups is 1. The number of piperidine rings is 1. The molecule has 32 heavy (non-hydrogen) atoms. The Labute approximate surface area is 193 Å². The highest BCUT2D eigenvalue weighted by Gasteiger charge is 2.39. The van der Waals surface area contributed by atoms with Crippen molar-refractivity contribution in [1.82, 2.24) is 19.9 Å². The molecule has 0 aromatic carbocycles. The lowest BCUT2D eigenvalue weighted by Gasteiger charge is -2.42. The van der Waals surface area contributed by atoms with Gasteiger partial charge < -0.3 is 26.3 Å². The molecule has 2 aliphatic heterocycles. The van der Waals surface area contributed by atoms with Crippen molar-refractivity contribution in [2.24, 2.45) is 0 Å². The number of hydrogen-bond donors (Lipinski definition) is 2. The van der Waals surface area contributed by atoms with Crippen LogP contribution in [0.15, 0.2) is 17.3 Å². The number of aryl methyl sites for hydroxylation is 1. The molecule has 10 nitrogen and oxygen atoms in total. The van der Waals surface area contributed by atoms with Crippen LogP contribution in [0.3, 0.4) is 0 Å². The Hall–Kier alpha value is -1.92. The predicted octanol–water partition coefficient (Wildman–Crippen LogP) is 0.645. The Kier molecular flexibility index (Phi) is 7.66. The van der Waals surface area contributed by atoms with Gasteiger partial charge in [0.1, 0.15) is 16.5 Å². The lowest BCUT2D eigenvalue weighted by molar-refractivity contribution is 0.143. The van der Waals surface area contributed by atoms with E-state index in [2.05, 4.69) is 20.2 Å². The normalized spacial score (nSPS) is 21.7. The Bertz CT molecular complexity index is 962. The zero-order valence-electron chi connectivity index (χ0n) is 17.7. The Morgan fingerprint density at radius 3 is 2.47 bits per heavy atom. The fourth-order valence-corrected chi connectivity index (χ4v) is 5.86. The van der Waals surface area contributed by atoms with Gasteiger partial charge in [0, 0.05) is 43.6 Å². The number of aromatic nitrogens is 4. The standard InChI is InChI=1S/C20H25ClN6O2S.2H2O/c21-14-10-22-17(23-11-14)13-2-7-27(8-3-13)19-24-15-4-9-30(29)16(15)18(25-19)26-20(12-28)5-1-6-20;;/h10-11,13,28H,1-9,12H2,(H,24,25,26);2*1H2. The van der Waals surface area contributed by atoms with E-state index in [4.69, 9.17) is 21.6 Å². The molecular weight excluding hydrogens is 456 g/mol. The van der Waals surface area contributed by atoms with Crippen LogP contribution in [0.1, 0.15) is 49.5 Å². The SMILES string of the molecule is O.O.O=S1CCc2nc(N3CCC(c4ncc(Cl)cn4)CC3)nc(NC3(CO)CCC3)c21. The van der Waals surface area contributed by atoms with Gasteiger partial charge in [0.2, 0.25) is 5.95 Å². The largest absolute Gasteiger partial charge is 0.412 e. The number of hydrogen-bond acceptors (Lipinski definition) is 8. The van der Waals surface area contributed by atoms with Crippen LogP contribution in [0.25, 0.3) is 0 Å². The summed E-state index contributed by atoms with van der Waals surface area (Å²) in [4.78, 5) is 21.2. The van der Waals surface area contributed by atoms with E-state index in [0.29, 0.717) is 34.9 Å². The van der Waals surface area contributed by atoms with Gasteiger partial charge >= 0.3 is 0 Å². The zero-order chi connectivity index (χ0) is 20.7. The molecule has 1 unspecified atom stereocenters. The van der Waals surface area contributed by atoms with Crippen molar-refractivity contribution in [3.8, 4) is 0 Å². The summed E-state index contributed by atoms with van der Waals surface area (Å²) in [6, 6.07) is 0. The summed E-state index contributed by atoms with van der Waals surface area (Å²) >= 11 is 5.90. The maximum atomic E-state index is 12.6. The van der Waals surface area contributed by atoms with Gasteiger partial charge in [0.15, 0.2) is 0 Å². The van der Waals surface area contributed by atoms with Gasteiger partial charge in [-0.2, -0.15) is 4.98 Å².